The van der Waals surface area contributed by atoms with E-state index in [2.05, 4.69) is 69.3 Å². The SMILES string of the molecule is CCCC1=C(CCC)c2ccccc2C1=Nc1ccc(C)cc1. The van der Waals surface area contributed by atoms with Crippen molar-refractivity contribution in [3.8, 4) is 0 Å². The average molecular weight is 303 g/mol. The fourth-order valence-corrected chi connectivity index (χ4v) is 3.35. The molecule has 0 fully saturated rings. The number of aliphatic imine (C=N–C) groups is 1. The molecule has 0 aromatic heterocycles. The first-order valence-corrected chi connectivity index (χ1v) is 8.72. The molecule has 2 aromatic rings. The second-order valence-electron chi connectivity index (χ2n) is 6.30. The van der Waals surface area contributed by atoms with E-state index in [0.29, 0.717) is 0 Å². The van der Waals surface area contributed by atoms with E-state index < -0.39 is 0 Å². The van der Waals surface area contributed by atoms with Gasteiger partial charge in [-0.1, -0.05) is 68.7 Å². The summed E-state index contributed by atoms with van der Waals surface area (Å²) in [6.07, 6.45) is 4.58. The van der Waals surface area contributed by atoms with Gasteiger partial charge in [0.05, 0.1) is 11.4 Å². The Morgan fingerprint density at radius 3 is 2.00 bits per heavy atom. The predicted octanol–water partition coefficient (Wildman–Crippen LogP) is 6.48. The molecule has 1 aliphatic carbocycles. The van der Waals surface area contributed by atoms with Crippen molar-refractivity contribution in [3.63, 3.8) is 0 Å². The number of allylic oxidation sites excluding steroid dienone is 2. The Balaban J connectivity index is 2.14. The molecule has 118 valence electrons. The number of aryl methyl sites for hydroxylation is 1. The summed E-state index contributed by atoms with van der Waals surface area (Å²) in [6.45, 7) is 6.63. The highest BCUT2D eigenvalue weighted by Crippen LogP contribution is 2.39. The van der Waals surface area contributed by atoms with Gasteiger partial charge in [0.25, 0.3) is 0 Å². The third kappa shape index (κ3) is 3.14. The molecule has 0 amide bonds. The zero-order chi connectivity index (χ0) is 16.2. The van der Waals surface area contributed by atoms with Gasteiger partial charge in [0.1, 0.15) is 0 Å². The van der Waals surface area contributed by atoms with E-state index in [-0.39, 0.29) is 0 Å². The molecular weight excluding hydrogens is 278 g/mol. The number of nitrogens with zero attached hydrogens (tertiary/aromatic N) is 1. The predicted molar refractivity (Wildman–Crippen MR) is 101 cm³/mol. The van der Waals surface area contributed by atoms with Gasteiger partial charge in [-0.05, 0) is 48.6 Å². The van der Waals surface area contributed by atoms with E-state index >= 15 is 0 Å². The van der Waals surface area contributed by atoms with Crippen LogP contribution in [-0.2, 0) is 0 Å². The van der Waals surface area contributed by atoms with Crippen molar-refractivity contribution >= 4 is 17.0 Å². The molecule has 2 aromatic carbocycles. The van der Waals surface area contributed by atoms with E-state index in [9.17, 15) is 0 Å². The summed E-state index contributed by atoms with van der Waals surface area (Å²) in [5.74, 6) is 0. The standard InChI is InChI=1S/C22H25N/c1-4-8-18-19-10-6-7-11-21(19)22(20(18)9-5-2)23-17-14-12-16(3)13-15-17/h6-7,10-15H,4-5,8-9H2,1-3H3. The summed E-state index contributed by atoms with van der Waals surface area (Å²) in [5.41, 5.74) is 9.17. The van der Waals surface area contributed by atoms with Crippen LogP contribution in [0.2, 0.25) is 0 Å². The normalized spacial score (nSPS) is 15.3. The van der Waals surface area contributed by atoms with Gasteiger partial charge >= 0.3 is 0 Å². The van der Waals surface area contributed by atoms with Crippen LogP contribution in [0.1, 0.15) is 56.2 Å². The highest BCUT2D eigenvalue weighted by Gasteiger charge is 2.26. The molecule has 0 aliphatic heterocycles. The van der Waals surface area contributed by atoms with Crippen LogP contribution < -0.4 is 0 Å². The molecule has 0 unspecified atom stereocenters. The van der Waals surface area contributed by atoms with Gasteiger partial charge in [-0.3, -0.25) is 0 Å². The van der Waals surface area contributed by atoms with E-state index in [1.54, 1.807) is 0 Å². The van der Waals surface area contributed by atoms with Gasteiger partial charge in [-0.25, -0.2) is 4.99 Å². The summed E-state index contributed by atoms with van der Waals surface area (Å²) >= 11 is 0. The number of hydrogen-bond acceptors (Lipinski definition) is 1. The van der Waals surface area contributed by atoms with Gasteiger partial charge in [0.2, 0.25) is 0 Å². The highest BCUT2D eigenvalue weighted by atomic mass is 14.8. The maximum atomic E-state index is 5.03. The van der Waals surface area contributed by atoms with Crippen LogP contribution in [0.4, 0.5) is 5.69 Å². The van der Waals surface area contributed by atoms with Crippen LogP contribution in [-0.4, -0.2) is 5.71 Å². The molecule has 0 N–H and O–H groups in total. The first-order valence-electron chi connectivity index (χ1n) is 8.72. The average Bonchev–Trinajstić information content (AvgIpc) is 2.85. The fourth-order valence-electron chi connectivity index (χ4n) is 3.35. The van der Waals surface area contributed by atoms with Crippen molar-refractivity contribution < 1.29 is 0 Å². The maximum Gasteiger partial charge on any atom is 0.0750 e. The lowest BCUT2D eigenvalue weighted by Gasteiger charge is -2.07. The Kier molecular flexibility index (Phi) is 4.76. The summed E-state index contributed by atoms with van der Waals surface area (Å²) in [6, 6.07) is 17.3. The van der Waals surface area contributed by atoms with Crippen LogP contribution in [0.25, 0.3) is 5.57 Å². The third-order valence-electron chi connectivity index (χ3n) is 4.43. The van der Waals surface area contributed by atoms with Crippen molar-refractivity contribution in [3.05, 3.63) is 70.8 Å². The lowest BCUT2D eigenvalue weighted by molar-refractivity contribution is 0.918. The van der Waals surface area contributed by atoms with Crippen LogP contribution in [0.5, 0.6) is 0 Å². The number of hydrogen-bond donors (Lipinski definition) is 0. The molecule has 1 heteroatoms. The molecule has 0 heterocycles. The second-order valence-corrected chi connectivity index (χ2v) is 6.30. The van der Waals surface area contributed by atoms with Crippen molar-refractivity contribution in [1.82, 2.24) is 0 Å². The molecular formula is C22H25N. The first-order chi connectivity index (χ1) is 11.2. The van der Waals surface area contributed by atoms with E-state index in [4.69, 9.17) is 4.99 Å². The van der Waals surface area contributed by atoms with Gasteiger partial charge in [-0.2, -0.15) is 0 Å². The van der Waals surface area contributed by atoms with Gasteiger partial charge in [0, 0.05) is 5.56 Å². The van der Waals surface area contributed by atoms with Gasteiger partial charge in [0.15, 0.2) is 0 Å². The summed E-state index contributed by atoms with van der Waals surface area (Å²) < 4.78 is 0. The number of fused-ring (bicyclic) bond motifs is 1. The van der Waals surface area contributed by atoms with Crippen LogP contribution in [0.15, 0.2) is 59.1 Å². The van der Waals surface area contributed by atoms with Crippen molar-refractivity contribution in [2.45, 2.75) is 46.5 Å². The Morgan fingerprint density at radius 1 is 0.739 bits per heavy atom. The minimum absolute atomic E-state index is 1.05. The van der Waals surface area contributed by atoms with Crippen LogP contribution in [0, 0.1) is 6.92 Å². The minimum atomic E-state index is 1.05. The molecule has 3 rings (SSSR count). The molecule has 1 nitrogen and oxygen atoms in total. The summed E-state index contributed by atoms with van der Waals surface area (Å²) in [5, 5.41) is 0. The van der Waals surface area contributed by atoms with E-state index in [0.717, 1.165) is 24.9 Å². The smallest absolute Gasteiger partial charge is 0.0750 e. The number of rotatable bonds is 5. The largest absolute Gasteiger partial charge is 0.248 e. The van der Waals surface area contributed by atoms with Crippen molar-refractivity contribution in [2.75, 3.05) is 0 Å². The summed E-state index contributed by atoms with van der Waals surface area (Å²) in [7, 11) is 0. The monoisotopic (exact) mass is 303 g/mol. The topological polar surface area (TPSA) is 12.4 Å². The molecule has 0 saturated heterocycles. The fraction of sp³-hybridized carbons (Fsp3) is 0.318. The quantitative estimate of drug-likeness (QED) is 0.599. The molecule has 0 spiro atoms. The zero-order valence-electron chi connectivity index (χ0n) is 14.4. The Bertz CT molecular complexity index is 748. The molecule has 1 aliphatic rings. The summed E-state index contributed by atoms with van der Waals surface area (Å²) in [4.78, 5) is 5.03. The Hall–Kier alpha value is -2.15. The van der Waals surface area contributed by atoms with Crippen LogP contribution >= 0.6 is 0 Å². The first kappa shape index (κ1) is 15.7. The Morgan fingerprint density at radius 2 is 1.35 bits per heavy atom. The molecule has 0 radical (unpaired) electrons. The lowest BCUT2D eigenvalue weighted by Crippen LogP contribution is -2.00. The third-order valence-corrected chi connectivity index (χ3v) is 4.43. The number of benzene rings is 2. The molecule has 0 bridgehead atoms. The van der Waals surface area contributed by atoms with Gasteiger partial charge < -0.3 is 0 Å². The van der Waals surface area contributed by atoms with E-state index in [1.165, 1.54) is 40.0 Å². The Labute approximate surface area is 139 Å². The van der Waals surface area contributed by atoms with Crippen LogP contribution in [0.3, 0.4) is 0 Å². The van der Waals surface area contributed by atoms with Crippen molar-refractivity contribution in [1.29, 1.82) is 0 Å². The minimum Gasteiger partial charge on any atom is -0.248 e. The molecule has 0 atom stereocenters. The van der Waals surface area contributed by atoms with E-state index in [1.807, 2.05) is 0 Å². The molecule has 23 heavy (non-hydrogen) atoms. The highest BCUT2D eigenvalue weighted by molar-refractivity contribution is 6.24. The maximum absolute atomic E-state index is 5.03. The lowest BCUT2D eigenvalue weighted by atomic mass is 9.99. The zero-order valence-corrected chi connectivity index (χ0v) is 14.4. The molecule has 0 saturated carbocycles. The van der Waals surface area contributed by atoms with Crippen molar-refractivity contribution in [2.24, 2.45) is 4.99 Å². The van der Waals surface area contributed by atoms with Gasteiger partial charge in [-0.15, -0.1) is 0 Å². The second kappa shape index (κ2) is 6.95.